The van der Waals surface area contributed by atoms with E-state index < -0.39 is 50.8 Å². The monoisotopic (exact) mass is 349 g/mol. The maximum atomic E-state index is 13.5. The van der Waals surface area contributed by atoms with Crippen molar-refractivity contribution in [1.82, 2.24) is 4.72 Å². The second kappa shape index (κ2) is 6.65. The van der Waals surface area contributed by atoms with Crippen LogP contribution in [0.5, 0.6) is 0 Å². The van der Waals surface area contributed by atoms with Gasteiger partial charge >= 0.3 is 0 Å². The molecule has 0 heterocycles. The Labute approximate surface area is 129 Å². The fraction of sp³-hybridized carbons (Fsp3) is 0.143. The molecule has 0 aliphatic heterocycles. The minimum absolute atomic E-state index is 0.147. The van der Waals surface area contributed by atoms with Crippen LogP contribution in [-0.2, 0) is 10.0 Å². The van der Waals surface area contributed by atoms with Crippen molar-refractivity contribution in [2.45, 2.75) is 11.0 Å². The number of benzene rings is 2. The van der Waals surface area contributed by atoms with Gasteiger partial charge in [-0.3, -0.25) is 0 Å². The minimum Gasteiger partial charge on any atom is -0.387 e. The van der Waals surface area contributed by atoms with Crippen LogP contribution in [-0.4, -0.2) is 20.1 Å². The van der Waals surface area contributed by atoms with Gasteiger partial charge in [0.25, 0.3) is 0 Å². The lowest BCUT2D eigenvalue weighted by Gasteiger charge is -2.13. The molecular formula is C14H11F4NO3S. The summed E-state index contributed by atoms with van der Waals surface area (Å²) >= 11 is 0. The average molecular weight is 349 g/mol. The topological polar surface area (TPSA) is 66.4 Å². The van der Waals surface area contributed by atoms with Crippen molar-refractivity contribution in [2.24, 2.45) is 0 Å². The van der Waals surface area contributed by atoms with Crippen molar-refractivity contribution in [3.8, 4) is 0 Å². The summed E-state index contributed by atoms with van der Waals surface area (Å²) in [6, 6.07) is 5.77. The second-order valence-electron chi connectivity index (χ2n) is 4.59. The first-order valence-electron chi connectivity index (χ1n) is 6.29. The van der Waals surface area contributed by atoms with Gasteiger partial charge in [0.1, 0.15) is 5.82 Å². The van der Waals surface area contributed by atoms with Crippen molar-refractivity contribution in [1.29, 1.82) is 0 Å². The summed E-state index contributed by atoms with van der Waals surface area (Å²) in [6.07, 6.45) is -1.51. The standard InChI is InChI=1S/C14H11F4NO3S/c15-10-4-2-1-3-9(10)13(20)7-19-23(21,22)8-5-11(16)14(18)12(17)6-8/h1-6,13,19-20H,7H2. The molecule has 2 aromatic rings. The summed E-state index contributed by atoms with van der Waals surface area (Å²) in [4.78, 5) is -0.852. The molecule has 1 atom stereocenters. The molecule has 0 aliphatic rings. The maximum absolute atomic E-state index is 13.5. The molecule has 0 saturated heterocycles. The molecule has 2 rings (SSSR count). The highest BCUT2D eigenvalue weighted by Gasteiger charge is 2.22. The summed E-state index contributed by atoms with van der Waals surface area (Å²) in [5, 5.41) is 9.79. The van der Waals surface area contributed by atoms with Gasteiger partial charge < -0.3 is 5.11 Å². The highest BCUT2D eigenvalue weighted by Crippen LogP contribution is 2.19. The van der Waals surface area contributed by atoms with Crippen LogP contribution in [0.25, 0.3) is 0 Å². The highest BCUT2D eigenvalue weighted by atomic mass is 32.2. The number of nitrogens with one attached hydrogen (secondary N) is 1. The van der Waals surface area contributed by atoms with E-state index in [9.17, 15) is 31.1 Å². The Hall–Kier alpha value is -1.97. The molecule has 23 heavy (non-hydrogen) atoms. The number of sulfonamides is 1. The molecule has 0 aromatic heterocycles. The number of aliphatic hydroxyl groups excluding tert-OH is 1. The third-order valence-electron chi connectivity index (χ3n) is 3.00. The molecule has 0 bridgehead atoms. The largest absolute Gasteiger partial charge is 0.387 e. The summed E-state index contributed by atoms with van der Waals surface area (Å²) in [7, 11) is -4.42. The van der Waals surface area contributed by atoms with Gasteiger partial charge in [0.15, 0.2) is 17.5 Å². The number of rotatable bonds is 5. The van der Waals surface area contributed by atoms with Gasteiger partial charge in [-0.25, -0.2) is 30.7 Å². The smallest absolute Gasteiger partial charge is 0.240 e. The molecule has 0 saturated carbocycles. The van der Waals surface area contributed by atoms with Crippen molar-refractivity contribution in [2.75, 3.05) is 6.54 Å². The van der Waals surface area contributed by atoms with E-state index in [4.69, 9.17) is 0 Å². The Balaban J connectivity index is 2.18. The Morgan fingerprint density at radius 2 is 1.57 bits per heavy atom. The first kappa shape index (κ1) is 17.4. The van der Waals surface area contributed by atoms with Crippen molar-refractivity contribution >= 4 is 10.0 Å². The lowest BCUT2D eigenvalue weighted by atomic mass is 10.1. The molecule has 124 valence electrons. The van der Waals surface area contributed by atoms with E-state index in [1.54, 1.807) is 0 Å². The highest BCUT2D eigenvalue weighted by molar-refractivity contribution is 7.89. The predicted octanol–water partition coefficient (Wildman–Crippen LogP) is 2.25. The Morgan fingerprint density at radius 1 is 1.00 bits per heavy atom. The van der Waals surface area contributed by atoms with E-state index in [0.717, 1.165) is 6.07 Å². The molecule has 9 heteroatoms. The van der Waals surface area contributed by atoms with Gasteiger partial charge in [-0.05, 0) is 18.2 Å². The fourth-order valence-corrected chi connectivity index (χ4v) is 2.88. The SMILES string of the molecule is O=S(=O)(NCC(O)c1ccccc1F)c1cc(F)c(F)c(F)c1. The summed E-state index contributed by atoms with van der Waals surface area (Å²) in [5.74, 6) is -5.87. The van der Waals surface area contributed by atoms with Gasteiger partial charge in [0.05, 0.1) is 11.0 Å². The maximum Gasteiger partial charge on any atom is 0.240 e. The predicted molar refractivity (Wildman–Crippen MR) is 72.9 cm³/mol. The van der Waals surface area contributed by atoms with Gasteiger partial charge in [0, 0.05) is 12.1 Å². The van der Waals surface area contributed by atoms with Crippen LogP contribution in [0.1, 0.15) is 11.7 Å². The Bertz CT molecular complexity index is 804. The van der Waals surface area contributed by atoms with E-state index in [1.165, 1.54) is 18.2 Å². The molecular weight excluding hydrogens is 338 g/mol. The van der Waals surface area contributed by atoms with Crippen LogP contribution >= 0.6 is 0 Å². The zero-order valence-corrected chi connectivity index (χ0v) is 12.2. The number of aliphatic hydroxyl groups is 1. The van der Waals surface area contributed by atoms with Crippen LogP contribution in [0, 0.1) is 23.3 Å². The summed E-state index contributed by atoms with van der Waals surface area (Å²) in [6.45, 7) is -0.635. The third-order valence-corrected chi connectivity index (χ3v) is 4.40. The lowest BCUT2D eigenvalue weighted by molar-refractivity contribution is 0.177. The summed E-state index contributed by atoms with van der Waals surface area (Å²) < 4.78 is 78.1. The van der Waals surface area contributed by atoms with Gasteiger partial charge in [-0.2, -0.15) is 0 Å². The van der Waals surface area contributed by atoms with Gasteiger partial charge in [-0.15, -0.1) is 0 Å². The number of halogens is 4. The van der Waals surface area contributed by atoms with Crippen molar-refractivity contribution in [3.05, 3.63) is 65.2 Å². The van der Waals surface area contributed by atoms with E-state index in [0.29, 0.717) is 12.1 Å². The Morgan fingerprint density at radius 3 is 2.13 bits per heavy atom. The molecule has 0 amide bonds. The zero-order valence-electron chi connectivity index (χ0n) is 11.4. The molecule has 0 aliphatic carbocycles. The minimum atomic E-state index is -4.42. The lowest BCUT2D eigenvalue weighted by Crippen LogP contribution is -2.29. The third kappa shape index (κ3) is 3.87. The van der Waals surface area contributed by atoms with Crippen molar-refractivity contribution in [3.63, 3.8) is 0 Å². The van der Waals surface area contributed by atoms with Gasteiger partial charge in [0.2, 0.25) is 10.0 Å². The molecule has 4 nitrogen and oxygen atoms in total. The van der Waals surface area contributed by atoms with Crippen molar-refractivity contribution < 1.29 is 31.1 Å². The van der Waals surface area contributed by atoms with Gasteiger partial charge in [-0.1, -0.05) is 18.2 Å². The van der Waals surface area contributed by atoms with Crippen LogP contribution in [0.15, 0.2) is 41.3 Å². The molecule has 2 aromatic carbocycles. The average Bonchev–Trinajstić information content (AvgIpc) is 2.50. The molecule has 0 spiro atoms. The zero-order chi connectivity index (χ0) is 17.2. The molecule has 0 fully saturated rings. The molecule has 1 unspecified atom stereocenters. The van der Waals surface area contributed by atoms with Crippen LogP contribution in [0.2, 0.25) is 0 Å². The normalized spacial score (nSPS) is 13.1. The number of hydrogen-bond acceptors (Lipinski definition) is 3. The molecule has 2 N–H and O–H groups in total. The summed E-state index contributed by atoms with van der Waals surface area (Å²) in [5.41, 5.74) is -0.147. The van der Waals surface area contributed by atoms with Crippen LogP contribution in [0.4, 0.5) is 17.6 Å². The fourth-order valence-electron chi connectivity index (χ4n) is 1.81. The van der Waals surface area contributed by atoms with E-state index >= 15 is 0 Å². The van der Waals surface area contributed by atoms with E-state index in [-0.39, 0.29) is 5.56 Å². The van der Waals surface area contributed by atoms with Crippen LogP contribution in [0.3, 0.4) is 0 Å². The van der Waals surface area contributed by atoms with Crippen LogP contribution < -0.4 is 4.72 Å². The first-order chi connectivity index (χ1) is 10.7. The second-order valence-corrected chi connectivity index (χ2v) is 6.36. The Kier molecular flexibility index (Phi) is 5.03. The van der Waals surface area contributed by atoms with E-state index in [2.05, 4.69) is 0 Å². The molecule has 0 radical (unpaired) electrons. The number of hydrogen-bond donors (Lipinski definition) is 2. The quantitative estimate of drug-likeness (QED) is 0.643. The van der Waals surface area contributed by atoms with E-state index in [1.807, 2.05) is 4.72 Å². The first-order valence-corrected chi connectivity index (χ1v) is 7.77.